The monoisotopic (exact) mass is 284 g/mol. The molecule has 1 aromatic rings. The maximum atomic E-state index is 9.50. The Morgan fingerprint density at radius 3 is 3.05 bits per heavy atom. The summed E-state index contributed by atoms with van der Waals surface area (Å²) in [6.45, 7) is 5.24. The Balaban J connectivity index is 1.88. The number of hydrogen-bond donors (Lipinski definition) is 1. The van der Waals surface area contributed by atoms with Gasteiger partial charge in [0.15, 0.2) is 0 Å². The second kappa shape index (κ2) is 6.44. The molecule has 1 fully saturated rings. The zero-order chi connectivity index (χ0) is 14.7. The second-order valence-electron chi connectivity index (χ2n) is 6.17. The number of fused-ring (bicyclic) bond motifs is 1. The summed E-state index contributed by atoms with van der Waals surface area (Å²) in [4.78, 5) is 7.18. The number of rotatable bonds is 5. The Labute approximate surface area is 127 Å². The molecule has 4 nitrogen and oxygen atoms in total. The van der Waals surface area contributed by atoms with Gasteiger partial charge in [-0.05, 0) is 56.7 Å². The number of pyridine rings is 1. The lowest BCUT2D eigenvalue weighted by molar-refractivity contribution is 0.574. The van der Waals surface area contributed by atoms with Gasteiger partial charge in [0.25, 0.3) is 0 Å². The third kappa shape index (κ3) is 3.03. The molecule has 112 valence electrons. The van der Waals surface area contributed by atoms with Crippen molar-refractivity contribution in [3.63, 3.8) is 0 Å². The molecule has 1 unspecified atom stereocenters. The number of aromatic nitrogens is 1. The highest BCUT2D eigenvalue weighted by Crippen LogP contribution is 2.27. The van der Waals surface area contributed by atoms with Crippen molar-refractivity contribution in [1.82, 2.24) is 10.3 Å². The Hall–Kier alpha value is -1.60. The van der Waals surface area contributed by atoms with Gasteiger partial charge in [0.05, 0.1) is 5.56 Å². The van der Waals surface area contributed by atoms with Gasteiger partial charge in [0, 0.05) is 24.8 Å². The Kier molecular flexibility index (Phi) is 4.40. The summed E-state index contributed by atoms with van der Waals surface area (Å²) in [6, 6.07) is 4.98. The van der Waals surface area contributed by atoms with Gasteiger partial charge >= 0.3 is 0 Å². The van der Waals surface area contributed by atoms with E-state index in [0.29, 0.717) is 6.04 Å². The van der Waals surface area contributed by atoms with Gasteiger partial charge in [-0.15, -0.1) is 0 Å². The number of nitrogens with zero attached hydrogens (tertiary/aromatic N) is 3. The van der Waals surface area contributed by atoms with Crippen LogP contribution in [0.4, 0.5) is 5.82 Å². The second-order valence-corrected chi connectivity index (χ2v) is 6.17. The summed E-state index contributed by atoms with van der Waals surface area (Å²) >= 11 is 0. The molecule has 0 spiro atoms. The first-order valence-corrected chi connectivity index (χ1v) is 8.23. The maximum Gasteiger partial charge on any atom is 0.146 e. The van der Waals surface area contributed by atoms with Crippen LogP contribution in [0, 0.1) is 11.3 Å². The van der Waals surface area contributed by atoms with Gasteiger partial charge in [0.2, 0.25) is 0 Å². The largest absolute Gasteiger partial charge is 0.354 e. The highest BCUT2D eigenvalue weighted by Gasteiger charge is 2.23. The van der Waals surface area contributed by atoms with E-state index >= 15 is 0 Å². The van der Waals surface area contributed by atoms with Crippen molar-refractivity contribution in [2.24, 2.45) is 0 Å². The van der Waals surface area contributed by atoms with E-state index in [1.54, 1.807) is 0 Å². The minimum atomic E-state index is 0.540. The van der Waals surface area contributed by atoms with E-state index in [9.17, 15) is 5.26 Å². The van der Waals surface area contributed by atoms with Crippen molar-refractivity contribution in [2.75, 3.05) is 24.5 Å². The molecule has 3 rings (SSSR count). The van der Waals surface area contributed by atoms with Crippen LogP contribution >= 0.6 is 0 Å². The molecular weight excluding hydrogens is 260 g/mol. The van der Waals surface area contributed by atoms with E-state index in [4.69, 9.17) is 4.98 Å². The van der Waals surface area contributed by atoms with E-state index in [2.05, 4.69) is 29.3 Å². The fraction of sp³-hybridized carbons (Fsp3) is 0.647. The van der Waals surface area contributed by atoms with Crippen LogP contribution in [0.5, 0.6) is 0 Å². The van der Waals surface area contributed by atoms with Crippen LogP contribution in [-0.4, -0.2) is 30.7 Å². The molecule has 2 heterocycles. The van der Waals surface area contributed by atoms with Gasteiger partial charge in [-0.1, -0.05) is 6.92 Å². The molecule has 0 radical (unpaired) electrons. The number of aryl methyl sites for hydroxylation is 2. The number of hydrogen-bond acceptors (Lipinski definition) is 4. The van der Waals surface area contributed by atoms with Crippen LogP contribution in [0.2, 0.25) is 0 Å². The van der Waals surface area contributed by atoms with E-state index in [1.165, 1.54) is 30.5 Å². The fourth-order valence-corrected chi connectivity index (χ4v) is 3.52. The Morgan fingerprint density at radius 2 is 2.33 bits per heavy atom. The van der Waals surface area contributed by atoms with Gasteiger partial charge in [-0.2, -0.15) is 5.26 Å². The fourth-order valence-electron chi connectivity index (χ4n) is 3.52. The van der Waals surface area contributed by atoms with Crippen LogP contribution < -0.4 is 10.2 Å². The summed E-state index contributed by atoms with van der Waals surface area (Å²) in [7, 11) is 0. The predicted molar refractivity (Wildman–Crippen MR) is 84.5 cm³/mol. The standard InChI is InChI=1S/C17H24N4/c1-2-9-21(12-15-6-4-8-19-15)17-14(11-18)10-13-5-3-7-16(13)20-17/h10,15,19H,2-9,12H2,1H3. The lowest BCUT2D eigenvalue weighted by Crippen LogP contribution is -2.39. The van der Waals surface area contributed by atoms with Crippen LogP contribution in [0.15, 0.2) is 6.07 Å². The summed E-state index contributed by atoms with van der Waals surface area (Å²) in [5, 5.41) is 13.0. The number of nitrogens with one attached hydrogen (secondary N) is 1. The maximum absolute atomic E-state index is 9.50. The molecule has 1 aromatic heterocycles. The van der Waals surface area contributed by atoms with Gasteiger partial charge in [-0.3, -0.25) is 0 Å². The quantitative estimate of drug-likeness (QED) is 0.902. The molecule has 1 aliphatic heterocycles. The molecule has 0 amide bonds. The molecule has 1 N–H and O–H groups in total. The van der Waals surface area contributed by atoms with Crippen molar-refractivity contribution in [1.29, 1.82) is 5.26 Å². The molecule has 1 atom stereocenters. The topological polar surface area (TPSA) is 52.0 Å². The molecule has 1 aliphatic carbocycles. The Bertz CT molecular complexity index is 540. The Morgan fingerprint density at radius 1 is 1.43 bits per heavy atom. The van der Waals surface area contributed by atoms with Crippen LogP contribution in [0.25, 0.3) is 0 Å². The molecule has 0 aromatic carbocycles. The first kappa shape index (κ1) is 14.3. The zero-order valence-corrected chi connectivity index (χ0v) is 12.9. The van der Waals surface area contributed by atoms with E-state index in [0.717, 1.165) is 50.3 Å². The van der Waals surface area contributed by atoms with E-state index in [-0.39, 0.29) is 0 Å². The minimum Gasteiger partial charge on any atom is -0.354 e. The molecule has 0 saturated carbocycles. The first-order chi connectivity index (χ1) is 10.3. The third-order valence-corrected chi connectivity index (χ3v) is 4.55. The molecule has 0 bridgehead atoms. The molecule has 2 aliphatic rings. The summed E-state index contributed by atoms with van der Waals surface area (Å²) in [5.41, 5.74) is 3.25. The van der Waals surface area contributed by atoms with Crippen molar-refractivity contribution >= 4 is 5.82 Å². The number of nitriles is 1. The van der Waals surface area contributed by atoms with Crippen molar-refractivity contribution in [3.05, 3.63) is 22.9 Å². The lowest BCUT2D eigenvalue weighted by atomic mass is 10.1. The van der Waals surface area contributed by atoms with Gasteiger partial charge in [-0.25, -0.2) is 4.98 Å². The molecule has 4 heteroatoms. The summed E-state index contributed by atoms with van der Waals surface area (Å²) < 4.78 is 0. The lowest BCUT2D eigenvalue weighted by Gasteiger charge is -2.27. The van der Waals surface area contributed by atoms with Gasteiger partial charge < -0.3 is 10.2 Å². The number of anilines is 1. The summed E-state index contributed by atoms with van der Waals surface area (Å²) in [6.07, 6.45) is 6.89. The van der Waals surface area contributed by atoms with Crippen molar-refractivity contribution < 1.29 is 0 Å². The highest BCUT2D eigenvalue weighted by molar-refractivity contribution is 5.57. The molecule has 21 heavy (non-hydrogen) atoms. The van der Waals surface area contributed by atoms with E-state index < -0.39 is 0 Å². The van der Waals surface area contributed by atoms with Crippen molar-refractivity contribution in [2.45, 2.75) is 51.5 Å². The highest BCUT2D eigenvalue weighted by atomic mass is 15.2. The molecule has 1 saturated heterocycles. The third-order valence-electron chi connectivity index (χ3n) is 4.55. The summed E-state index contributed by atoms with van der Waals surface area (Å²) in [5.74, 6) is 0.911. The van der Waals surface area contributed by atoms with Crippen LogP contribution in [-0.2, 0) is 12.8 Å². The van der Waals surface area contributed by atoms with Crippen LogP contribution in [0.3, 0.4) is 0 Å². The van der Waals surface area contributed by atoms with E-state index in [1.807, 2.05) is 0 Å². The molecular formula is C17H24N4. The first-order valence-electron chi connectivity index (χ1n) is 8.23. The zero-order valence-electron chi connectivity index (χ0n) is 12.9. The predicted octanol–water partition coefficient (Wildman–Crippen LogP) is 2.41. The normalized spacial score (nSPS) is 20.3. The smallest absolute Gasteiger partial charge is 0.146 e. The minimum absolute atomic E-state index is 0.540. The van der Waals surface area contributed by atoms with Crippen LogP contribution in [0.1, 0.15) is 49.4 Å². The van der Waals surface area contributed by atoms with Gasteiger partial charge in [0.1, 0.15) is 11.9 Å². The average Bonchev–Trinajstić information content (AvgIpc) is 3.16. The average molecular weight is 284 g/mol. The van der Waals surface area contributed by atoms with Crippen molar-refractivity contribution in [3.8, 4) is 6.07 Å². The SMILES string of the molecule is CCCN(CC1CCCN1)c1nc2c(cc1C#N)CCC2.